The summed E-state index contributed by atoms with van der Waals surface area (Å²) in [4.78, 5) is 18.8. The summed E-state index contributed by atoms with van der Waals surface area (Å²) in [5.41, 5.74) is 4.68. The molecular formula is C15H21N5S. The van der Waals surface area contributed by atoms with Crippen LogP contribution < -0.4 is 0 Å². The first-order valence-corrected chi connectivity index (χ1v) is 8.10. The minimum absolute atomic E-state index is 0.343. The lowest BCUT2D eigenvalue weighted by atomic mass is 10.1. The highest BCUT2D eigenvalue weighted by atomic mass is 32.1. The third-order valence-electron chi connectivity index (χ3n) is 2.96. The second-order valence-electron chi connectivity index (χ2n) is 4.82. The van der Waals surface area contributed by atoms with Crippen molar-refractivity contribution in [3.8, 4) is 0 Å². The van der Waals surface area contributed by atoms with Gasteiger partial charge < -0.3 is 4.57 Å². The average Bonchev–Trinajstić information content (AvgIpc) is 3.11. The summed E-state index contributed by atoms with van der Waals surface area (Å²) < 4.78 is 2.06. The average molecular weight is 303 g/mol. The van der Waals surface area contributed by atoms with Gasteiger partial charge in [0.2, 0.25) is 0 Å². The van der Waals surface area contributed by atoms with E-state index in [0.717, 1.165) is 29.2 Å². The molecule has 5 nitrogen and oxygen atoms in total. The third kappa shape index (κ3) is 3.26. The first-order valence-electron chi connectivity index (χ1n) is 7.22. The summed E-state index contributed by atoms with van der Waals surface area (Å²) >= 11 is 1.64. The van der Waals surface area contributed by atoms with E-state index in [1.807, 2.05) is 38.8 Å². The van der Waals surface area contributed by atoms with Crippen molar-refractivity contribution in [2.45, 2.75) is 47.1 Å². The molecule has 0 aliphatic rings. The molecule has 0 atom stereocenters. The predicted molar refractivity (Wildman–Crippen MR) is 86.7 cm³/mol. The molecule has 0 aliphatic heterocycles. The summed E-state index contributed by atoms with van der Waals surface area (Å²) in [6, 6.07) is 0. The van der Waals surface area contributed by atoms with Gasteiger partial charge in [-0.3, -0.25) is 4.98 Å². The molecule has 0 saturated heterocycles. The molecule has 3 aromatic rings. The van der Waals surface area contributed by atoms with Gasteiger partial charge in [-0.15, -0.1) is 11.3 Å². The SMILES string of the molecule is CC.Cc1nc(C(C)C)c2ncn(Cc3cncs3)c2n1. The molecule has 3 aromatic heterocycles. The van der Waals surface area contributed by atoms with Crippen molar-refractivity contribution in [3.05, 3.63) is 34.4 Å². The molecule has 0 spiro atoms. The molecule has 3 heterocycles. The van der Waals surface area contributed by atoms with Gasteiger partial charge in [-0.05, 0) is 12.8 Å². The number of hydrogen-bond acceptors (Lipinski definition) is 5. The van der Waals surface area contributed by atoms with Crippen molar-refractivity contribution in [2.24, 2.45) is 0 Å². The van der Waals surface area contributed by atoms with Gasteiger partial charge in [0.1, 0.15) is 11.3 Å². The third-order valence-corrected chi connectivity index (χ3v) is 3.72. The van der Waals surface area contributed by atoms with Crippen molar-refractivity contribution in [2.75, 3.05) is 0 Å². The maximum atomic E-state index is 4.53. The van der Waals surface area contributed by atoms with Gasteiger partial charge in [-0.2, -0.15) is 0 Å². The van der Waals surface area contributed by atoms with Gasteiger partial charge in [-0.25, -0.2) is 15.0 Å². The zero-order valence-corrected chi connectivity index (χ0v) is 14.0. The number of nitrogens with zero attached hydrogens (tertiary/aromatic N) is 5. The largest absolute Gasteiger partial charge is 0.310 e. The molecular weight excluding hydrogens is 282 g/mol. The van der Waals surface area contributed by atoms with Gasteiger partial charge in [-0.1, -0.05) is 27.7 Å². The maximum absolute atomic E-state index is 4.53. The fourth-order valence-corrected chi connectivity index (χ4v) is 2.68. The summed E-state index contributed by atoms with van der Waals surface area (Å²) in [5.74, 6) is 1.14. The minimum atomic E-state index is 0.343. The lowest BCUT2D eigenvalue weighted by molar-refractivity contribution is 0.801. The predicted octanol–water partition coefficient (Wildman–Crippen LogP) is 3.79. The summed E-state index contributed by atoms with van der Waals surface area (Å²) in [5, 5.41) is 0. The smallest absolute Gasteiger partial charge is 0.164 e. The van der Waals surface area contributed by atoms with Gasteiger partial charge in [0.05, 0.1) is 24.1 Å². The number of hydrogen-bond donors (Lipinski definition) is 0. The molecule has 0 amide bonds. The Morgan fingerprint density at radius 2 is 2.00 bits per heavy atom. The highest BCUT2D eigenvalue weighted by Crippen LogP contribution is 2.22. The number of fused-ring (bicyclic) bond motifs is 1. The molecule has 3 rings (SSSR count). The van der Waals surface area contributed by atoms with Crippen molar-refractivity contribution < 1.29 is 0 Å². The molecule has 112 valence electrons. The molecule has 0 aromatic carbocycles. The lowest BCUT2D eigenvalue weighted by Gasteiger charge is -2.07. The van der Waals surface area contributed by atoms with Crippen molar-refractivity contribution in [1.82, 2.24) is 24.5 Å². The fraction of sp³-hybridized carbons (Fsp3) is 0.467. The molecule has 0 aliphatic carbocycles. The zero-order chi connectivity index (χ0) is 15.4. The monoisotopic (exact) mass is 303 g/mol. The molecule has 0 unspecified atom stereocenters. The summed E-state index contributed by atoms with van der Waals surface area (Å²) in [6.07, 6.45) is 3.72. The van der Waals surface area contributed by atoms with Crippen LogP contribution in [0.1, 0.15) is 50.0 Å². The van der Waals surface area contributed by atoms with Crippen LogP contribution in [0.2, 0.25) is 0 Å². The zero-order valence-electron chi connectivity index (χ0n) is 13.2. The molecule has 0 radical (unpaired) electrons. The number of aryl methyl sites for hydroxylation is 1. The Labute approximate surface area is 129 Å². The van der Waals surface area contributed by atoms with Gasteiger partial charge in [0.25, 0.3) is 0 Å². The Hall–Kier alpha value is -1.82. The van der Waals surface area contributed by atoms with E-state index in [2.05, 4.69) is 38.4 Å². The van der Waals surface area contributed by atoms with E-state index >= 15 is 0 Å². The highest BCUT2D eigenvalue weighted by molar-refractivity contribution is 7.09. The summed E-state index contributed by atoms with van der Waals surface area (Å²) in [6.45, 7) is 10.9. The Balaban J connectivity index is 0.000000774. The Morgan fingerprint density at radius 1 is 1.24 bits per heavy atom. The van der Waals surface area contributed by atoms with E-state index in [1.165, 1.54) is 4.88 Å². The van der Waals surface area contributed by atoms with Crippen molar-refractivity contribution in [3.63, 3.8) is 0 Å². The van der Waals surface area contributed by atoms with E-state index < -0.39 is 0 Å². The van der Waals surface area contributed by atoms with E-state index in [4.69, 9.17) is 0 Å². The van der Waals surface area contributed by atoms with Crippen LogP contribution in [0.25, 0.3) is 11.2 Å². The second-order valence-corrected chi connectivity index (χ2v) is 5.79. The normalized spacial score (nSPS) is 10.8. The molecule has 0 bridgehead atoms. The lowest BCUT2D eigenvalue weighted by Crippen LogP contribution is -2.03. The van der Waals surface area contributed by atoms with Crippen LogP contribution in [0, 0.1) is 6.92 Å². The number of thiazole rings is 1. The number of aromatic nitrogens is 5. The molecule has 21 heavy (non-hydrogen) atoms. The van der Waals surface area contributed by atoms with Crippen LogP contribution in [0.5, 0.6) is 0 Å². The standard InChI is InChI=1S/C13H15N5S.C2H6/c1-8(2)11-12-13(17-9(3)16-11)18(6-15-12)5-10-4-14-7-19-10;1-2/h4,6-8H,5H2,1-3H3;1-2H3. The fourth-order valence-electron chi connectivity index (χ4n) is 2.09. The van der Waals surface area contributed by atoms with Crippen molar-refractivity contribution >= 4 is 22.5 Å². The molecule has 0 saturated carbocycles. The van der Waals surface area contributed by atoms with Crippen LogP contribution in [-0.2, 0) is 6.54 Å². The Kier molecular flexibility index (Phi) is 5.01. The van der Waals surface area contributed by atoms with Crippen LogP contribution >= 0.6 is 11.3 Å². The molecule has 0 fully saturated rings. The topological polar surface area (TPSA) is 56.5 Å². The van der Waals surface area contributed by atoms with E-state index in [0.29, 0.717) is 5.92 Å². The number of imidazole rings is 1. The van der Waals surface area contributed by atoms with Gasteiger partial charge >= 0.3 is 0 Å². The van der Waals surface area contributed by atoms with Crippen molar-refractivity contribution in [1.29, 1.82) is 0 Å². The van der Waals surface area contributed by atoms with Gasteiger partial charge in [0, 0.05) is 11.1 Å². The Bertz CT molecular complexity index is 700. The minimum Gasteiger partial charge on any atom is -0.310 e. The first kappa shape index (κ1) is 15.6. The van der Waals surface area contributed by atoms with Crippen LogP contribution in [0.3, 0.4) is 0 Å². The van der Waals surface area contributed by atoms with Gasteiger partial charge in [0.15, 0.2) is 5.65 Å². The summed E-state index contributed by atoms with van der Waals surface area (Å²) in [7, 11) is 0. The Morgan fingerprint density at radius 3 is 2.62 bits per heavy atom. The highest BCUT2D eigenvalue weighted by Gasteiger charge is 2.14. The maximum Gasteiger partial charge on any atom is 0.164 e. The number of rotatable bonds is 3. The quantitative estimate of drug-likeness (QED) is 0.738. The van der Waals surface area contributed by atoms with Crippen LogP contribution in [-0.4, -0.2) is 24.5 Å². The van der Waals surface area contributed by atoms with E-state index in [-0.39, 0.29) is 0 Å². The van der Waals surface area contributed by atoms with Crippen LogP contribution in [0.4, 0.5) is 0 Å². The molecule has 0 N–H and O–H groups in total. The van der Waals surface area contributed by atoms with E-state index in [9.17, 15) is 0 Å². The van der Waals surface area contributed by atoms with Crippen LogP contribution in [0.15, 0.2) is 18.0 Å². The molecule has 6 heteroatoms. The first-order chi connectivity index (χ1) is 10.1. The second kappa shape index (κ2) is 6.76. The van der Waals surface area contributed by atoms with E-state index in [1.54, 1.807) is 11.3 Å².